The minimum absolute atomic E-state index is 0.170. The van der Waals surface area contributed by atoms with Gasteiger partial charge in [0, 0.05) is 6.54 Å². The molecule has 1 aromatic heterocycles. The summed E-state index contributed by atoms with van der Waals surface area (Å²) in [6.07, 6.45) is 1.74. The van der Waals surface area contributed by atoms with E-state index in [0.717, 1.165) is 5.82 Å². The van der Waals surface area contributed by atoms with Crippen molar-refractivity contribution in [1.29, 1.82) is 0 Å². The molecule has 0 saturated carbocycles. The second-order valence-electron chi connectivity index (χ2n) is 4.66. The molecule has 116 valence electrons. The lowest BCUT2D eigenvalue weighted by Crippen LogP contribution is -2.23. The number of halogens is 1. The van der Waals surface area contributed by atoms with E-state index in [9.17, 15) is 9.18 Å². The van der Waals surface area contributed by atoms with Crippen molar-refractivity contribution in [2.24, 2.45) is 0 Å². The largest absolute Gasteiger partial charge is 0.323 e. The van der Waals surface area contributed by atoms with Gasteiger partial charge in [-0.25, -0.2) is 4.39 Å². The van der Waals surface area contributed by atoms with E-state index in [1.807, 2.05) is 11.5 Å². The smallest absolute Gasteiger partial charge is 0.237 e. The Morgan fingerprint density at radius 3 is 2.91 bits per heavy atom. The highest BCUT2D eigenvalue weighted by molar-refractivity contribution is 8.00. The van der Waals surface area contributed by atoms with Gasteiger partial charge in [-0.05, 0) is 26.0 Å². The van der Waals surface area contributed by atoms with Crippen molar-refractivity contribution in [3.8, 4) is 0 Å². The molecule has 0 bridgehead atoms. The number of amides is 1. The third kappa shape index (κ3) is 3.73. The average molecular weight is 320 g/mol. The first-order valence-corrected chi connectivity index (χ1v) is 7.63. The number of aryl methyl sites for hydroxylation is 1. The molecule has 0 aliphatic heterocycles. The number of anilines is 1. The van der Waals surface area contributed by atoms with Crippen molar-refractivity contribution >= 4 is 23.4 Å². The Hall–Kier alpha value is -2.15. The zero-order chi connectivity index (χ0) is 16.1. The zero-order valence-electron chi connectivity index (χ0n) is 12.4. The van der Waals surface area contributed by atoms with Gasteiger partial charge in [-0.2, -0.15) is 0 Å². The molecule has 0 fully saturated rings. The second kappa shape index (κ2) is 7.22. The van der Waals surface area contributed by atoms with Crippen molar-refractivity contribution in [2.75, 3.05) is 5.32 Å². The molecular weight excluding hydrogens is 303 g/mol. The summed E-state index contributed by atoms with van der Waals surface area (Å²) in [5.74, 6) is 0.00346. The monoisotopic (exact) mass is 320 g/mol. The Kier molecular flexibility index (Phi) is 5.32. The van der Waals surface area contributed by atoms with E-state index < -0.39 is 11.1 Å². The van der Waals surface area contributed by atoms with Gasteiger partial charge in [0.1, 0.15) is 11.6 Å². The quantitative estimate of drug-likeness (QED) is 0.656. The minimum Gasteiger partial charge on any atom is -0.323 e. The summed E-state index contributed by atoms with van der Waals surface area (Å²) in [5, 5.41) is 10.8. The number of benzene rings is 1. The summed E-state index contributed by atoms with van der Waals surface area (Å²) in [6, 6.07) is 6.07. The molecule has 0 spiro atoms. The molecule has 1 amide bonds. The summed E-state index contributed by atoms with van der Waals surface area (Å²) in [4.78, 5) is 12.2. The average Bonchev–Trinajstić information content (AvgIpc) is 2.83. The normalized spacial score (nSPS) is 12.0. The van der Waals surface area contributed by atoms with Crippen molar-refractivity contribution in [2.45, 2.75) is 30.8 Å². The highest BCUT2D eigenvalue weighted by Crippen LogP contribution is 2.24. The fourth-order valence-corrected chi connectivity index (χ4v) is 2.70. The van der Waals surface area contributed by atoms with Crippen LogP contribution in [0, 0.1) is 12.7 Å². The predicted octanol–water partition coefficient (Wildman–Crippen LogP) is 3.03. The number of thioether (sulfide) groups is 1. The molecular formula is C15H17FN4OS. The summed E-state index contributed by atoms with van der Waals surface area (Å²) in [6.45, 7) is 7.84. The Morgan fingerprint density at radius 2 is 2.23 bits per heavy atom. The topological polar surface area (TPSA) is 59.8 Å². The molecule has 0 aliphatic carbocycles. The van der Waals surface area contributed by atoms with Crippen LogP contribution in [-0.4, -0.2) is 25.9 Å². The van der Waals surface area contributed by atoms with Crippen LogP contribution in [0.1, 0.15) is 12.7 Å². The van der Waals surface area contributed by atoms with Crippen LogP contribution in [0.15, 0.2) is 42.1 Å². The standard InChI is InChI=1S/C15H17FN4OS/c1-4-9-20-11(3)18-19-15(20)22-10(2)14(21)17-13-8-6-5-7-12(13)16/h4-8,10H,1,9H2,2-3H3,(H,17,21). The number of hydrogen-bond acceptors (Lipinski definition) is 4. The first kappa shape index (κ1) is 16.2. The van der Waals surface area contributed by atoms with Crippen LogP contribution in [0.4, 0.5) is 10.1 Å². The maximum atomic E-state index is 13.5. The zero-order valence-corrected chi connectivity index (χ0v) is 13.2. The highest BCUT2D eigenvalue weighted by atomic mass is 32.2. The Balaban J connectivity index is 2.06. The van der Waals surface area contributed by atoms with E-state index in [-0.39, 0.29) is 11.6 Å². The van der Waals surface area contributed by atoms with Gasteiger partial charge in [-0.15, -0.1) is 16.8 Å². The number of aromatic nitrogens is 3. The first-order chi connectivity index (χ1) is 10.5. The molecule has 2 rings (SSSR count). The van der Waals surface area contributed by atoms with Gasteiger partial charge in [0.2, 0.25) is 5.91 Å². The van der Waals surface area contributed by atoms with Crippen molar-refractivity contribution < 1.29 is 9.18 Å². The van der Waals surface area contributed by atoms with Crippen LogP contribution >= 0.6 is 11.8 Å². The van der Waals surface area contributed by atoms with Gasteiger partial charge >= 0.3 is 0 Å². The predicted molar refractivity (Wildman–Crippen MR) is 85.3 cm³/mol. The molecule has 1 heterocycles. The lowest BCUT2D eigenvalue weighted by atomic mass is 10.3. The molecule has 1 N–H and O–H groups in total. The van der Waals surface area contributed by atoms with E-state index >= 15 is 0 Å². The van der Waals surface area contributed by atoms with Crippen LogP contribution in [0.3, 0.4) is 0 Å². The van der Waals surface area contributed by atoms with E-state index in [1.165, 1.54) is 23.9 Å². The van der Waals surface area contributed by atoms with E-state index in [0.29, 0.717) is 11.7 Å². The molecule has 7 heteroatoms. The van der Waals surface area contributed by atoms with Gasteiger partial charge in [0.25, 0.3) is 0 Å². The molecule has 1 unspecified atom stereocenters. The van der Waals surface area contributed by atoms with E-state index in [2.05, 4.69) is 22.1 Å². The SMILES string of the molecule is C=CCn1c(C)nnc1SC(C)C(=O)Nc1ccccc1F. The molecule has 0 saturated heterocycles. The maximum absolute atomic E-state index is 13.5. The van der Waals surface area contributed by atoms with Gasteiger partial charge in [-0.3, -0.25) is 4.79 Å². The molecule has 0 radical (unpaired) electrons. The summed E-state index contributed by atoms with van der Waals surface area (Å²) >= 11 is 1.27. The third-order valence-corrected chi connectivity index (χ3v) is 4.08. The fraction of sp³-hybridized carbons (Fsp3) is 0.267. The first-order valence-electron chi connectivity index (χ1n) is 6.75. The molecule has 0 aliphatic rings. The molecule has 22 heavy (non-hydrogen) atoms. The molecule has 1 atom stereocenters. The van der Waals surface area contributed by atoms with Gasteiger partial charge in [0.05, 0.1) is 10.9 Å². The Morgan fingerprint density at radius 1 is 1.50 bits per heavy atom. The van der Waals surface area contributed by atoms with Crippen molar-refractivity contribution in [1.82, 2.24) is 14.8 Å². The number of hydrogen-bond donors (Lipinski definition) is 1. The number of carbonyl (C=O) groups is 1. The van der Waals surface area contributed by atoms with Crippen LogP contribution in [0.2, 0.25) is 0 Å². The summed E-state index contributed by atoms with van der Waals surface area (Å²) in [7, 11) is 0. The highest BCUT2D eigenvalue weighted by Gasteiger charge is 2.19. The number of para-hydroxylation sites is 1. The van der Waals surface area contributed by atoms with Crippen LogP contribution in [0.5, 0.6) is 0 Å². The van der Waals surface area contributed by atoms with E-state index in [4.69, 9.17) is 0 Å². The number of allylic oxidation sites excluding steroid dienone is 1. The van der Waals surface area contributed by atoms with Crippen LogP contribution < -0.4 is 5.32 Å². The Labute approximate surface area is 132 Å². The number of carbonyl (C=O) groups excluding carboxylic acids is 1. The van der Waals surface area contributed by atoms with Crippen LogP contribution in [0.25, 0.3) is 0 Å². The number of rotatable bonds is 6. The van der Waals surface area contributed by atoms with Gasteiger partial charge < -0.3 is 9.88 Å². The van der Waals surface area contributed by atoms with Crippen molar-refractivity contribution in [3.05, 3.63) is 48.6 Å². The summed E-state index contributed by atoms with van der Waals surface area (Å²) < 4.78 is 15.4. The number of nitrogens with zero attached hydrogens (tertiary/aromatic N) is 3. The van der Waals surface area contributed by atoms with E-state index in [1.54, 1.807) is 25.1 Å². The second-order valence-corrected chi connectivity index (χ2v) is 5.97. The Bertz CT molecular complexity index is 686. The van der Waals surface area contributed by atoms with Gasteiger partial charge in [-0.1, -0.05) is 30.0 Å². The molecule has 2 aromatic rings. The lowest BCUT2D eigenvalue weighted by Gasteiger charge is -2.12. The lowest BCUT2D eigenvalue weighted by molar-refractivity contribution is -0.115. The van der Waals surface area contributed by atoms with Crippen molar-refractivity contribution in [3.63, 3.8) is 0 Å². The minimum atomic E-state index is -0.460. The number of nitrogens with one attached hydrogen (secondary N) is 1. The summed E-state index contributed by atoms with van der Waals surface area (Å²) in [5.41, 5.74) is 0.170. The fourth-order valence-electron chi connectivity index (χ4n) is 1.80. The molecule has 5 nitrogen and oxygen atoms in total. The van der Waals surface area contributed by atoms with Crippen LogP contribution in [-0.2, 0) is 11.3 Å². The van der Waals surface area contributed by atoms with Gasteiger partial charge in [0.15, 0.2) is 5.16 Å². The maximum Gasteiger partial charge on any atom is 0.237 e. The molecule has 1 aromatic carbocycles. The third-order valence-electron chi connectivity index (χ3n) is 3.00.